The Labute approximate surface area is 104 Å². The summed E-state index contributed by atoms with van der Waals surface area (Å²) < 4.78 is 37.4. The van der Waals surface area contributed by atoms with Gasteiger partial charge in [-0.25, -0.2) is 0 Å². The maximum atomic E-state index is 12.5. The van der Waals surface area contributed by atoms with E-state index in [0.29, 0.717) is 5.56 Å². The van der Waals surface area contributed by atoms with Crippen LogP contribution in [0.2, 0.25) is 0 Å². The fourth-order valence-electron chi connectivity index (χ4n) is 1.47. The molecule has 0 heterocycles. The number of rotatable bonds is 4. The van der Waals surface area contributed by atoms with Crippen molar-refractivity contribution in [2.45, 2.75) is 38.9 Å². The van der Waals surface area contributed by atoms with Crippen molar-refractivity contribution in [2.24, 2.45) is 0 Å². The smallest absolute Gasteiger partial charge is 0.353 e. The Balaban J connectivity index is 2.71. The summed E-state index contributed by atoms with van der Waals surface area (Å²) >= 11 is 0. The number of nitrogens with one attached hydrogen (secondary N) is 1. The van der Waals surface area contributed by atoms with Crippen LogP contribution >= 0.6 is 0 Å². The van der Waals surface area contributed by atoms with E-state index in [4.69, 9.17) is 0 Å². The zero-order valence-corrected chi connectivity index (χ0v) is 10.3. The SMILES string of the molecule is CC[C@@H](C)NC(=O)Cc1cccc(C(F)(F)F)c1. The lowest BCUT2D eigenvalue weighted by Crippen LogP contribution is -2.33. The summed E-state index contributed by atoms with van der Waals surface area (Å²) in [6.45, 7) is 3.78. The minimum atomic E-state index is -4.37. The van der Waals surface area contributed by atoms with Crippen LogP contribution < -0.4 is 5.32 Å². The van der Waals surface area contributed by atoms with Crippen LogP contribution in [-0.2, 0) is 17.4 Å². The molecule has 1 aromatic rings. The summed E-state index contributed by atoms with van der Waals surface area (Å²) in [4.78, 5) is 11.6. The molecule has 0 aromatic heterocycles. The molecule has 0 saturated carbocycles. The van der Waals surface area contributed by atoms with Gasteiger partial charge in [0.05, 0.1) is 12.0 Å². The lowest BCUT2D eigenvalue weighted by molar-refractivity contribution is -0.137. The molecule has 1 amide bonds. The zero-order valence-electron chi connectivity index (χ0n) is 10.3. The molecule has 0 aliphatic rings. The molecular weight excluding hydrogens is 243 g/mol. The first-order valence-electron chi connectivity index (χ1n) is 5.78. The summed E-state index contributed by atoms with van der Waals surface area (Å²) in [7, 11) is 0. The maximum absolute atomic E-state index is 12.5. The van der Waals surface area contributed by atoms with E-state index < -0.39 is 11.7 Å². The second-order valence-electron chi connectivity index (χ2n) is 4.25. The monoisotopic (exact) mass is 259 g/mol. The first-order chi connectivity index (χ1) is 8.32. The third-order valence-corrected chi connectivity index (χ3v) is 2.64. The van der Waals surface area contributed by atoms with E-state index in [-0.39, 0.29) is 18.4 Å². The quantitative estimate of drug-likeness (QED) is 0.884. The Morgan fingerprint density at radius 2 is 2.06 bits per heavy atom. The molecule has 2 nitrogen and oxygen atoms in total. The van der Waals surface area contributed by atoms with E-state index in [1.165, 1.54) is 12.1 Å². The first kappa shape index (κ1) is 14.5. The van der Waals surface area contributed by atoms with Crippen LogP contribution in [0, 0.1) is 0 Å². The van der Waals surface area contributed by atoms with Gasteiger partial charge in [-0.1, -0.05) is 25.1 Å². The Hall–Kier alpha value is -1.52. The van der Waals surface area contributed by atoms with Crippen LogP contribution in [0.4, 0.5) is 13.2 Å². The average molecular weight is 259 g/mol. The third-order valence-electron chi connectivity index (χ3n) is 2.64. The summed E-state index contributed by atoms with van der Waals surface area (Å²) in [5.74, 6) is -0.260. The molecule has 0 aliphatic heterocycles. The number of benzene rings is 1. The molecule has 0 aliphatic carbocycles. The van der Waals surface area contributed by atoms with Crippen molar-refractivity contribution in [3.05, 3.63) is 35.4 Å². The summed E-state index contributed by atoms with van der Waals surface area (Å²) in [5.41, 5.74) is -0.359. The fourth-order valence-corrected chi connectivity index (χ4v) is 1.47. The lowest BCUT2D eigenvalue weighted by atomic mass is 10.1. The van der Waals surface area contributed by atoms with Crippen molar-refractivity contribution in [2.75, 3.05) is 0 Å². The van der Waals surface area contributed by atoms with Gasteiger partial charge in [0.2, 0.25) is 5.91 Å². The largest absolute Gasteiger partial charge is 0.416 e. The van der Waals surface area contributed by atoms with Gasteiger partial charge in [-0.15, -0.1) is 0 Å². The van der Waals surface area contributed by atoms with Gasteiger partial charge >= 0.3 is 6.18 Å². The van der Waals surface area contributed by atoms with E-state index >= 15 is 0 Å². The van der Waals surface area contributed by atoms with E-state index in [9.17, 15) is 18.0 Å². The number of alkyl halides is 3. The van der Waals surface area contributed by atoms with E-state index in [1.54, 1.807) is 0 Å². The van der Waals surface area contributed by atoms with Crippen LogP contribution in [0.3, 0.4) is 0 Å². The highest BCUT2D eigenvalue weighted by Crippen LogP contribution is 2.29. The normalized spacial score (nSPS) is 13.2. The lowest BCUT2D eigenvalue weighted by Gasteiger charge is -2.12. The van der Waals surface area contributed by atoms with Gasteiger partial charge in [-0.3, -0.25) is 4.79 Å². The molecule has 5 heteroatoms. The number of halogens is 3. The van der Waals surface area contributed by atoms with E-state index in [2.05, 4.69) is 5.32 Å². The predicted octanol–water partition coefficient (Wildman–Crippen LogP) is 3.16. The second-order valence-corrected chi connectivity index (χ2v) is 4.25. The topological polar surface area (TPSA) is 29.1 Å². The van der Waals surface area contributed by atoms with Crippen LogP contribution in [0.15, 0.2) is 24.3 Å². The number of amides is 1. The van der Waals surface area contributed by atoms with Crippen LogP contribution in [-0.4, -0.2) is 11.9 Å². The molecule has 1 aromatic carbocycles. The number of carbonyl (C=O) groups is 1. The van der Waals surface area contributed by atoms with Crippen molar-refractivity contribution in [3.63, 3.8) is 0 Å². The van der Waals surface area contributed by atoms with Gasteiger partial charge in [0.25, 0.3) is 0 Å². The van der Waals surface area contributed by atoms with Crippen molar-refractivity contribution < 1.29 is 18.0 Å². The highest BCUT2D eigenvalue weighted by Gasteiger charge is 2.30. The Bertz CT molecular complexity index is 415. The minimum absolute atomic E-state index is 0.0308. The van der Waals surface area contributed by atoms with Crippen molar-refractivity contribution in [1.29, 1.82) is 0 Å². The fraction of sp³-hybridized carbons (Fsp3) is 0.462. The van der Waals surface area contributed by atoms with Gasteiger partial charge in [-0.2, -0.15) is 13.2 Å². The van der Waals surface area contributed by atoms with Crippen molar-refractivity contribution in [3.8, 4) is 0 Å². The standard InChI is InChI=1S/C13H16F3NO/c1-3-9(2)17-12(18)8-10-5-4-6-11(7-10)13(14,15)16/h4-7,9H,3,8H2,1-2H3,(H,17,18)/t9-/m1/s1. The van der Waals surface area contributed by atoms with E-state index in [1.807, 2.05) is 13.8 Å². The van der Waals surface area contributed by atoms with Gasteiger partial charge in [-0.05, 0) is 25.0 Å². The first-order valence-corrected chi connectivity index (χ1v) is 5.78. The molecule has 1 N–H and O–H groups in total. The molecule has 1 atom stereocenters. The minimum Gasteiger partial charge on any atom is -0.353 e. The van der Waals surface area contributed by atoms with Gasteiger partial charge in [0, 0.05) is 6.04 Å². The van der Waals surface area contributed by atoms with Crippen LogP contribution in [0.1, 0.15) is 31.4 Å². The predicted molar refractivity (Wildman–Crippen MR) is 63.0 cm³/mol. The molecule has 18 heavy (non-hydrogen) atoms. The molecule has 0 fully saturated rings. The molecular formula is C13H16F3NO. The number of hydrogen-bond acceptors (Lipinski definition) is 1. The van der Waals surface area contributed by atoms with Gasteiger partial charge in [0.15, 0.2) is 0 Å². The highest BCUT2D eigenvalue weighted by atomic mass is 19.4. The molecule has 0 saturated heterocycles. The molecule has 0 radical (unpaired) electrons. The van der Waals surface area contributed by atoms with Gasteiger partial charge in [0.1, 0.15) is 0 Å². The van der Waals surface area contributed by atoms with Gasteiger partial charge < -0.3 is 5.32 Å². The number of hydrogen-bond donors (Lipinski definition) is 1. The Kier molecular flexibility index (Phi) is 4.76. The summed E-state index contributed by atoms with van der Waals surface area (Å²) in [6, 6.07) is 4.87. The molecule has 0 unspecified atom stereocenters. The molecule has 0 spiro atoms. The van der Waals surface area contributed by atoms with Crippen molar-refractivity contribution >= 4 is 5.91 Å². The summed E-state index contributed by atoms with van der Waals surface area (Å²) in [6.07, 6.45) is -3.62. The summed E-state index contributed by atoms with van der Waals surface area (Å²) in [5, 5.41) is 2.72. The maximum Gasteiger partial charge on any atom is 0.416 e. The second kappa shape index (κ2) is 5.89. The average Bonchev–Trinajstić information content (AvgIpc) is 2.27. The highest BCUT2D eigenvalue weighted by molar-refractivity contribution is 5.78. The van der Waals surface area contributed by atoms with Crippen LogP contribution in [0.25, 0.3) is 0 Å². The zero-order chi connectivity index (χ0) is 13.8. The Morgan fingerprint density at radius 3 is 2.61 bits per heavy atom. The number of carbonyl (C=O) groups excluding carboxylic acids is 1. The Morgan fingerprint density at radius 1 is 1.39 bits per heavy atom. The van der Waals surface area contributed by atoms with Crippen LogP contribution in [0.5, 0.6) is 0 Å². The molecule has 0 bridgehead atoms. The van der Waals surface area contributed by atoms with Crippen molar-refractivity contribution in [1.82, 2.24) is 5.32 Å². The molecule has 100 valence electrons. The third kappa shape index (κ3) is 4.39. The molecule has 1 rings (SSSR count). The van der Waals surface area contributed by atoms with E-state index in [0.717, 1.165) is 18.6 Å².